The van der Waals surface area contributed by atoms with Crippen molar-refractivity contribution in [3.05, 3.63) is 59.7 Å². The van der Waals surface area contributed by atoms with Gasteiger partial charge in [0.25, 0.3) is 11.8 Å². The molecule has 0 fully saturated rings. The quantitative estimate of drug-likeness (QED) is 0.838. The molecule has 0 bridgehead atoms. The summed E-state index contributed by atoms with van der Waals surface area (Å²) in [5.74, 6) is -1.28. The first-order chi connectivity index (χ1) is 11.9. The Morgan fingerprint density at radius 3 is 2.40 bits per heavy atom. The predicted molar refractivity (Wildman–Crippen MR) is 92.0 cm³/mol. The third-order valence-electron chi connectivity index (χ3n) is 3.32. The fourth-order valence-electron chi connectivity index (χ4n) is 1.93. The molecule has 0 atom stereocenters. The standard InChI is InChI=1S/C18H18N2O5/c1-20(2)16(21)11-25-15-8-4-7-14(10-15)19-17(22)12-5-3-6-13(9-12)18(23)24/h3-10H,11H2,1-2H3,(H,19,22)(H,23,24). The average Bonchev–Trinajstić information content (AvgIpc) is 2.60. The smallest absolute Gasteiger partial charge is 0.335 e. The monoisotopic (exact) mass is 342 g/mol. The third-order valence-corrected chi connectivity index (χ3v) is 3.32. The molecule has 0 radical (unpaired) electrons. The highest BCUT2D eigenvalue weighted by Gasteiger charge is 2.11. The van der Waals surface area contributed by atoms with Crippen LogP contribution >= 0.6 is 0 Å². The van der Waals surface area contributed by atoms with Crippen LogP contribution in [0.3, 0.4) is 0 Å². The van der Waals surface area contributed by atoms with Crippen molar-refractivity contribution in [2.24, 2.45) is 0 Å². The highest BCUT2D eigenvalue weighted by molar-refractivity contribution is 6.05. The SMILES string of the molecule is CN(C)C(=O)COc1cccc(NC(=O)c2cccc(C(=O)O)c2)c1. The third kappa shape index (κ3) is 5.07. The van der Waals surface area contributed by atoms with Crippen molar-refractivity contribution in [3.63, 3.8) is 0 Å². The van der Waals surface area contributed by atoms with Crippen LogP contribution in [0.15, 0.2) is 48.5 Å². The second-order valence-corrected chi connectivity index (χ2v) is 5.44. The summed E-state index contributed by atoms with van der Waals surface area (Å²) in [5, 5.41) is 11.6. The molecule has 0 unspecified atom stereocenters. The van der Waals surface area contributed by atoms with E-state index in [-0.39, 0.29) is 23.6 Å². The van der Waals surface area contributed by atoms with E-state index in [4.69, 9.17) is 9.84 Å². The van der Waals surface area contributed by atoms with Crippen LogP contribution in [0.1, 0.15) is 20.7 Å². The summed E-state index contributed by atoms with van der Waals surface area (Å²) in [7, 11) is 3.27. The number of rotatable bonds is 6. The lowest BCUT2D eigenvalue weighted by Gasteiger charge is -2.12. The minimum atomic E-state index is -1.10. The average molecular weight is 342 g/mol. The Balaban J connectivity index is 2.06. The largest absolute Gasteiger partial charge is 0.484 e. The van der Waals surface area contributed by atoms with E-state index in [9.17, 15) is 14.4 Å². The molecule has 0 spiro atoms. The van der Waals surface area contributed by atoms with Crippen LogP contribution in [-0.2, 0) is 4.79 Å². The number of aromatic carboxylic acids is 1. The minimum Gasteiger partial charge on any atom is -0.484 e. The number of carbonyl (C=O) groups excluding carboxylic acids is 2. The Hall–Kier alpha value is -3.35. The number of ether oxygens (including phenoxy) is 1. The molecule has 0 heterocycles. The molecule has 7 nitrogen and oxygen atoms in total. The summed E-state index contributed by atoms with van der Waals surface area (Å²) in [6.45, 7) is -0.106. The fourth-order valence-corrected chi connectivity index (χ4v) is 1.93. The van der Waals surface area contributed by atoms with Gasteiger partial charge in [0.15, 0.2) is 6.61 Å². The summed E-state index contributed by atoms with van der Waals surface area (Å²) in [6.07, 6.45) is 0. The summed E-state index contributed by atoms with van der Waals surface area (Å²) in [4.78, 5) is 36.2. The number of carbonyl (C=O) groups is 3. The lowest BCUT2D eigenvalue weighted by molar-refractivity contribution is -0.130. The molecular formula is C18H18N2O5. The molecule has 2 aromatic carbocycles. The van der Waals surface area contributed by atoms with Crippen LogP contribution in [-0.4, -0.2) is 48.5 Å². The number of hydrogen-bond acceptors (Lipinski definition) is 4. The Kier molecular flexibility index (Phi) is 5.73. The van der Waals surface area contributed by atoms with E-state index in [1.54, 1.807) is 38.4 Å². The predicted octanol–water partition coefficient (Wildman–Crippen LogP) is 2.10. The van der Waals surface area contributed by atoms with Crippen LogP contribution in [0.5, 0.6) is 5.75 Å². The maximum atomic E-state index is 12.2. The molecule has 2 rings (SSSR count). The van der Waals surface area contributed by atoms with Crippen LogP contribution in [0.25, 0.3) is 0 Å². The van der Waals surface area contributed by atoms with Crippen LogP contribution in [0, 0.1) is 0 Å². The molecule has 2 aromatic rings. The van der Waals surface area contributed by atoms with E-state index in [1.165, 1.54) is 29.2 Å². The lowest BCUT2D eigenvalue weighted by Crippen LogP contribution is -2.27. The molecule has 2 N–H and O–H groups in total. The zero-order valence-corrected chi connectivity index (χ0v) is 13.9. The highest BCUT2D eigenvalue weighted by Crippen LogP contribution is 2.18. The van der Waals surface area contributed by atoms with Gasteiger partial charge in [0.05, 0.1) is 5.56 Å². The molecule has 0 saturated heterocycles. The molecule has 2 amide bonds. The van der Waals surface area contributed by atoms with E-state index in [1.807, 2.05) is 0 Å². The van der Waals surface area contributed by atoms with Crippen molar-refractivity contribution in [1.82, 2.24) is 4.90 Å². The van der Waals surface area contributed by atoms with Crippen molar-refractivity contribution in [2.75, 3.05) is 26.0 Å². The van der Waals surface area contributed by atoms with E-state index in [0.717, 1.165) is 0 Å². The van der Waals surface area contributed by atoms with Gasteiger partial charge in [-0.1, -0.05) is 12.1 Å². The number of amides is 2. The van der Waals surface area contributed by atoms with Gasteiger partial charge in [0.2, 0.25) is 0 Å². The molecule has 0 aliphatic heterocycles. The first kappa shape index (κ1) is 18.0. The van der Waals surface area contributed by atoms with E-state index in [0.29, 0.717) is 11.4 Å². The molecule has 0 saturated carbocycles. The maximum absolute atomic E-state index is 12.2. The molecule has 7 heteroatoms. The number of nitrogens with one attached hydrogen (secondary N) is 1. The maximum Gasteiger partial charge on any atom is 0.335 e. The van der Waals surface area contributed by atoms with Gasteiger partial charge in [-0.2, -0.15) is 0 Å². The molecule has 0 aliphatic rings. The van der Waals surface area contributed by atoms with Gasteiger partial charge in [-0.3, -0.25) is 9.59 Å². The topological polar surface area (TPSA) is 95.9 Å². The van der Waals surface area contributed by atoms with Crippen molar-refractivity contribution in [3.8, 4) is 5.75 Å². The number of likely N-dealkylation sites (N-methyl/N-ethyl adjacent to an activating group) is 1. The normalized spacial score (nSPS) is 10.0. The second kappa shape index (κ2) is 7.96. The Morgan fingerprint density at radius 2 is 1.72 bits per heavy atom. The zero-order valence-electron chi connectivity index (χ0n) is 13.9. The second-order valence-electron chi connectivity index (χ2n) is 5.44. The Labute approximate surface area is 144 Å². The molecule has 0 aliphatic carbocycles. The van der Waals surface area contributed by atoms with Gasteiger partial charge in [-0.15, -0.1) is 0 Å². The first-order valence-corrected chi connectivity index (χ1v) is 7.44. The van der Waals surface area contributed by atoms with Crippen molar-refractivity contribution < 1.29 is 24.2 Å². The molecule has 130 valence electrons. The Bertz CT molecular complexity index is 802. The van der Waals surface area contributed by atoms with Crippen LogP contribution in [0.4, 0.5) is 5.69 Å². The zero-order chi connectivity index (χ0) is 18.4. The molecule has 25 heavy (non-hydrogen) atoms. The van der Waals surface area contributed by atoms with Crippen molar-refractivity contribution in [1.29, 1.82) is 0 Å². The number of carboxylic acid groups (broad SMARTS) is 1. The van der Waals surface area contributed by atoms with Gasteiger partial charge < -0.3 is 20.1 Å². The van der Waals surface area contributed by atoms with E-state index in [2.05, 4.69) is 5.32 Å². The molecular weight excluding hydrogens is 324 g/mol. The number of nitrogens with zero attached hydrogens (tertiary/aromatic N) is 1. The Morgan fingerprint density at radius 1 is 1.04 bits per heavy atom. The van der Waals surface area contributed by atoms with Gasteiger partial charge in [0, 0.05) is 31.4 Å². The highest BCUT2D eigenvalue weighted by atomic mass is 16.5. The van der Waals surface area contributed by atoms with Crippen molar-refractivity contribution in [2.45, 2.75) is 0 Å². The van der Waals surface area contributed by atoms with Gasteiger partial charge in [-0.05, 0) is 30.3 Å². The van der Waals surface area contributed by atoms with Crippen molar-refractivity contribution >= 4 is 23.5 Å². The first-order valence-electron chi connectivity index (χ1n) is 7.44. The summed E-state index contributed by atoms with van der Waals surface area (Å²) in [6, 6.07) is 12.3. The van der Waals surface area contributed by atoms with Gasteiger partial charge >= 0.3 is 5.97 Å². The van der Waals surface area contributed by atoms with Crippen LogP contribution in [0.2, 0.25) is 0 Å². The van der Waals surface area contributed by atoms with E-state index < -0.39 is 11.9 Å². The number of anilines is 1. The number of hydrogen-bond donors (Lipinski definition) is 2. The molecule has 0 aromatic heterocycles. The summed E-state index contributed by atoms with van der Waals surface area (Å²) < 4.78 is 5.39. The van der Waals surface area contributed by atoms with Crippen LogP contribution < -0.4 is 10.1 Å². The summed E-state index contributed by atoms with van der Waals surface area (Å²) >= 11 is 0. The number of benzene rings is 2. The lowest BCUT2D eigenvalue weighted by atomic mass is 10.1. The fraction of sp³-hybridized carbons (Fsp3) is 0.167. The minimum absolute atomic E-state index is 0.0342. The van der Waals surface area contributed by atoms with E-state index >= 15 is 0 Å². The summed E-state index contributed by atoms with van der Waals surface area (Å²) in [5.41, 5.74) is 0.737. The van der Waals surface area contributed by atoms with Gasteiger partial charge in [-0.25, -0.2) is 4.79 Å². The number of carboxylic acids is 1. The van der Waals surface area contributed by atoms with Gasteiger partial charge in [0.1, 0.15) is 5.75 Å².